The van der Waals surface area contributed by atoms with E-state index in [1.807, 2.05) is 0 Å². The highest BCUT2D eigenvalue weighted by Crippen LogP contribution is 2.39. The third-order valence-electron chi connectivity index (χ3n) is 3.50. The number of nitriles is 1. The fourth-order valence-electron chi connectivity index (χ4n) is 2.16. The fraction of sp³-hybridized carbons (Fsp3) is 0.933. The van der Waals surface area contributed by atoms with Crippen LogP contribution < -0.4 is 5.32 Å². The van der Waals surface area contributed by atoms with Gasteiger partial charge in [0.15, 0.2) is 0 Å². The average Bonchev–Trinajstić information content (AvgIpc) is 3.30. The molecule has 1 unspecified atom stereocenters. The Labute approximate surface area is 122 Å². The molecule has 0 aliphatic heterocycles. The molecule has 0 aromatic heterocycles. The largest absolute Gasteiger partial charge is 0.385 e. The molecule has 1 atom stereocenters. The zero-order valence-electron chi connectivity index (χ0n) is 12.8. The second kappa shape index (κ2) is 10.1. The van der Waals surface area contributed by atoms with Crippen LogP contribution in [-0.4, -0.2) is 52.2 Å². The van der Waals surface area contributed by atoms with Crippen molar-refractivity contribution in [3.05, 3.63) is 0 Å². The molecule has 1 rings (SSSR count). The van der Waals surface area contributed by atoms with E-state index < -0.39 is 5.54 Å². The highest BCUT2D eigenvalue weighted by atomic mass is 16.5. The van der Waals surface area contributed by atoms with E-state index in [1.54, 1.807) is 7.11 Å². The van der Waals surface area contributed by atoms with Gasteiger partial charge in [-0.3, -0.25) is 5.32 Å². The predicted octanol–water partition coefficient (Wildman–Crippen LogP) is 1.73. The van der Waals surface area contributed by atoms with Crippen molar-refractivity contribution < 1.29 is 14.2 Å². The van der Waals surface area contributed by atoms with Crippen molar-refractivity contribution in [3.63, 3.8) is 0 Å². The summed E-state index contributed by atoms with van der Waals surface area (Å²) < 4.78 is 16.0. The van der Waals surface area contributed by atoms with Crippen LogP contribution in [0.15, 0.2) is 0 Å². The number of methoxy groups -OCH3 is 1. The first-order valence-corrected chi connectivity index (χ1v) is 7.59. The molecule has 1 aliphatic rings. The lowest BCUT2D eigenvalue weighted by Gasteiger charge is -2.27. The van der Waals surface area contributed by atoms with Crippen LogP contribution >= 0.6 is 0 Å². The Hall–Kier alpha value is -0.670. The highest BCUT2D eigenvalue weighted by Gasteiger charge is 2.45. The lowest BCUT2D eigenvalue weighted by atomic mass is 9.96. The van der Waals surface area contributed by atoms with Gasteiger partial charge >= 0.3 is 0 Å². The van der Waals surface area contributed by atoms with Crippen LogP contribution in [0, 0.1) is 17.2 Å². The second-order valence-electron chi connectivity index (χ2n) is 5.30. The van der Waals surface area contributed by atoms with E-state index in [2.05, 4.69) is 18.3 Å². The van der Waals surface area contributed by atoms with Gasteiger partial charge in [0.2, 0.25) is 0 Å². The van der Waals surface area contributed by atoms with Crippen molar-refractivity contribution in [2.24, 2.45) is 5.92 Å². The summed E-state index contributed by atoms with van der Waals surface area (Å²) >= 11 is 0. The Kier molecular flexibility index (Phi) is 8.79. The average molecular weight is 284 g/mol. The molecule has 116 valence electrons. The molecule has 0 saturated heterocycles. The van der Waals surface area contributed by atoms with E-state index in [4.69, 9.17) is 14.2 Å². The number of ether oxygens (including phenoxy) is 3. The summed E-state index contributed by atoms with van der Waals surface area (Å²) in [6.45, 7) is 5.95. The molecule has 0 aromatic rings. The molecule has 1 aliphatic carbocycles. The Morgan fingerprint density at radius 3 is 2.55 bits per heavy atom. The van der Waals surface area contributed by atoms with E-state index in [-0.39, 0.29) is 0 Å². The molecule has 0 spiro atoms. The molecule has 1 N–H and O–H groups in total. The molecular weight excluding hydrogens is 256 g/mol. The van der Waals surface area contributed by atoms with Crippen molar-refractivity contribution in [3.8, 4) is 6.07 Å². The Morgan fingerprint density at radius 2 is 1.95 bits per heavy atom. The fourth-order valence-corrected chi connectivity index (χ4v) is 2.16. The van der Waals surface area contributed by atoms with E-state index in [9.17, 15) is 5.26 Å². The number of rotatable bonds is 13. The highest BCUT2D eigenvalue weighted by molar-refractivity contribution is 5.15. The first-order chi connectivity index (χ1) is 9.79. The molecule has 0 heterocycles. The van der Waals surface area contributed by atoms with E-state index >= 15 is 0 Å². The summed E-state index contributed by atoms with van der Waals surface area (Å²) in [5.41, 5.74) is -0.494. The zero-order chi connectivity index (χ0) is 14.7. The van der Waals surface area contributed by atoms with Gasteiger partial charge in [-0.25, -0.2) is 0 Å². The summed E-state index contributed by atoms with van der Waals surface area (Å²) in [5.74, 6) is 0.446. The first-order valence-electron chi connectivity index (χ1n) is 7.59. The van der Waals surface area contributed by atoms with Crippen LogP contribution in [0.1, 0.15) is 32.6 Å². The predicted molar refractivity (Wildman–Crippen MR) is 77.5 cm³/mol. The van der Waals surface area contributed by atoms with Gasteiger partial charge in [-0.1, -0.05) is 6.92 Å². The van der Waals surface area contributed by atoms with E-state index in [1.165, 1.54) is 0 Å². The van der Waals surface area contributed by atoms with Gasteiger partial charge in [-0.05, 0) is 38.1 Å². The summed E-state index contributed by atoms with van der Waals surface area (Å²) in [6.07, 6.45) is 4.18. The van der Waals surface area contributed by atoms with Crippen molar-refractivity contribution >= 4 is 0 Å². The van der Waals surface area contributed by atoms with Gasteiger partial charge in [-0.2, -0.15) is 5.26 Å². The minimum atomic E-state index is -0.494. The van der Waals surface area contributed by atoms with E-state index in [0.29, 0.717) is 32.3 Å². The number of nitrogens with one attached hydrogen (secondary N) is 1. The Morgan fingerprint density at radius 1 is 1.20 bits per heavy atom. The van der Waals surface area contributed by atoms with Crippen LogP contribution in [0.2, 0.25) is 0 Å². The van der Waals surface area contributed by atoms with Crippen molar-refractivity contribution in [1.82, 2.24) is 5.32 Å². The number of hydrogen-bond acceptors (Lipinski definition) is 5. The molecular formula is C15H28N2O3. The van der Waals surface area contributed by atoms with Gasteiger partial charge in [0.1, 0.15) is 5.54 Å². The van der Waals surface area contributed by atoms with Gasteiger partial charge in [0.25, 0.3) is 0 Å². The van der Waals surface area contributed by atoms with Crippen molar-refractivity contribution in [1.29, 1.82) is 5.26 Å². The topological polar surface area (TPSA) is 63.5 Å². The lowest BCUT2D eigenvalue weighted by molar-refractivity contribution is 0.0208. The molecule has 0 aromatic carbocycles. The third kappa shape index (κ3) is 6.19. The Bertz CT molecular complexity index is 289. The van der Waals surface area contributed by atoms with Crippen molar-refractivity contribution in [2.75, 3.05) is 46.7 Å². The molecule has 5 heteroatoms. The van der Waals surface area contributed by atoms with Gasteiger partial charge < -0.3 is 14.2 Å². The second-order valence-corrected chi connectivity index (χ2v) is 5.30. The van der Waals surface area contributed by atoms with E-state index in [0.717, 1.165) is 38.8 Å². The van der Waals surface area contributed by atoms with Crippen LogP contribution in [0.4, 0.5) is 0 Å². The lowest BCUT2D eigenvalue weighted by Crippen LogP contribution is -2.50. The maximum Gasteiger partial charge on any atom is 0.133 e. The van der Waals surface area contributed by atoms with Gasteiger partial charge in [-0.15, -0.1) is 0 Å². The van der Waals surface area contributed by atoms with Gasteiger partial charge in [0, 0.05) is 20.3 Å². The minimum absolute atomic E-state index is 0.446. The Balaban J connectivity index is 2.14. The summed E-state index contributed by atoms with van der Waals surface area (Å²) in [7, 11) is 1.69. The number of hydrogen-bond donors (Lipinski definition) is 1. The maximum absolute atomic E-state index is 9.48. The number of nitrogens with zero attached hydrogens (tertiary/aromatic N) is 1. The third-order valence-corrected chi connectivity index (χ3v) is 3.50. The molecule has 0 amide bonds. The summed E-state index contributed by atoms with van der Waals surface area (Å²) in [4.78, 5) is 0. The zero-order valence-corrected chi connectivity index (χ0v) is 12.8. The molecule has 20 heavy (non-hydrogen) atoms. The van der Waals surface area contributed by atoms with Crippen molar-refractivity contribution in [2.45, 2.75) is 38.1 Å². The maximum atomic E-state index is 9.48. The summed E-state index contributed by atoms with van der Waals surface area (Å²) in [6, 6.07) is 2.44. The quantitative estimate of drug-likeness (QED) is 0.522. The van der Waals surface area contributed by atoms with Crippen LogP contribution in [0.3, 0.4) is 0 Å². The van der Waals surface area contributed by atoms with Crippen LogP contribution in [0.5, 0.6) is 0 Å². The normalized spacial score (nSPS) is 17.6. The molecule has 1 saturated carbocycles. The molecule has 1 fully saturated rings. The first kappa shape index (κ1) is 17.4. The molecule has 0 radical (unpaired) electrons. The van der Waals surface area contributed by atoms with Crippen LogP contribution in [-0.2, 0) is 14.2 Å². The molecule has 5 nitrogen and oxygen atoms in total. The SMILES string of the molecule is CCCNC(C#N)(COCCOCCCOC)C1CC1. The monoisotopic (exact) mass is 284 g/mol. The molecule has 0 bridgehead atoms. The van der Waals surface area contributed by atoms with Crippen LogP contribution in [0.25, 0.3) is 0 Å². The summed E-state index contributed by atoms with van der Waals surface area (Å²) in [5, 5.41) is 12.8. The van der Waals surface area contributed by atoms with Gasteiger partial charge in [0.05, 0.1) is 25.9 Å². The smallest absolute Gasteiger partial charge is 0.133 e. The standard InChI is InChI=1S/C15H28N2O3/c1-3-7-17-15(12-16,14-5-6-14)13-20-11-10-19-9-4-8-18-2/h14,17H,3-11,13H2,1-2H3. The minimum Gasteiger partial charge on any atom is -0.385 e.